The fourth-order valence-corrected chi connectivity index (χ4v) is 1.25. The number of hydrogen-bond acceptors (Lipinski definition) is 2. The molecule has 1 rings (SSSR count). The maximum Gasteiger partial charge on any atom is 0.0991 e. The summed E-state index contributed by atoms with van der Waals surface area (Å²) in [5.41, 5.74) is 8.38. The Hall–Kier alpha value is -1.59. The Labute approximate surface area is 84.7 Å². The lowest BCUT2D eigenvalue weighted by Crippen LogP contribution is -1.95. The minimum Gasteiger partial charge on any atom is -0.330 e. The van der Waals surface area contributed by atoms with E-state index in [4.69, 9.17) is 11.0 Å². The van der Waals surface area contributed by atoms with Gasteiger partial charge in [-0.25, -0.2) is 0 Å². The summed E-state index contributed by atoms with van der Waals surface area (Å²) >= 11 is 0. The number of benzene rings is 1. The molecule has 0 saturated heterocycles. The smallest absolute Gasteiger partial charge is 0.0991 e. The van der Waals surface area contributed by atoms with Crippen molar-refractivity contribution < 1.29 is 0 Å². The second-order valence-corrected chi connectivity index (χ2v) is 3.16. The summed E-state index contributed by atoms with van der Waals surface area (Å²) in [6.07, 6.45) is 2.97. The minimum atomic E-state index is 0.662. The van der Waals surface area contributed by atoms with Gasteiger partial charge in [-0.3, -0.25) is 0 Å². The third kappa shape index (κ3) is 2.72. The molecule has 1 aromatic rings. The first-order valence-electron chi connectivity index (χ1n) is 4.65. The van der Waals surface area contributed by atoms with E-state index in [0.29, 0.717) is 12.1 Å². The van der Waals surface area contributed by atoms with Crippen LogP contribution in [0, 0.1) is 11.3 Å². The lowest BCUT2D eigenvalue weighted by Gasteiger charge is -2.01. The van der Waals surface area contributed by atoms with Gasteiger partial charge in [0.15, 0.2) is 0 Å². The Balaban J connectivity index is 2.91. The summed E-state index contributed by atoms with van der Waals surface area (Å²) in [6.45, 7) is 2.70. The molecule has 72 valence electrons. The van der Waals surface area contributed by atoms with Gasteiger partial charge in [-0.1, -0.05) is 18.2 Å². The van der Waals surface area contributed by atoms with Crippen LogP contribution in [0.1, 0.15) is 24.5 Å². The van der Waals surface area contributed by atoms with Gasteiger partial charge in [-0.2, -0.15) is 5.26 Å². The van der Waals surface area contributed by atoms with Crippen LogP contribution in [0.5, 0.6) is 0 Å². The molecule has 0 aliphatic heterocycles. The second kappa shape index (κ2) is 5.21. The topological polar surface area (TPSA) is 49.8 Å². The molecule has 0 aromatic heterocycles. The van der Waals surface area contributed by atoms with E-state index in [0.717, 1.165) is 12.0 Å². The summed E-state index contributed by atoms with van der Waals surface area (Å²) in [4.78, 5) is 0. The van der Waals surface area contributed by atoms with Gasteiger partial charge in [0.05, 0.1) is 11.6 Å². The molecule has 0 aliphatic rings. The fourth-order valence-electron chi connectivity index (χ4n) is 1.25. The molecular weight excluding hydrogens is 172 g/mol. The fraction of sp³-hybridized carbons (Fsp3) is 0.250. The maximum absolute atomic E-state index is 8.73. The van der Waals surface area contributed by atoms with E-state index in [1.54, 1.807) is 6.07 Å². The highest BCUT2D eigenvalue weighted by atomic mass is 14.5. The van der Waals surface area contributed by atoms with Gasteiger partial charge >= 0.3 is 0 Å². The normalized spacial score (nSPS) is 11.1. The van der Waals surface area contributed by atoms with Gasteiger partial charge in [0.2, 0.25) is 0 Å². The van der Waals surface area contributed by atoms with Crippen molar-refractivity contribution in [1.82, 2.24) is 0 Å². The number of rotatable bonds is 3. The van der Waals surface area contributed by atoms with Gasteiger partial charge in [-0.05, 0) is 43.2 Å². The molecule has 2 nitrogen and oxygen atoms in total. The van der Waals surface area contributed by atoms with Crippen LogP contribution < -0.4 is 5.73 Å². The molecule has 0 radical (unpaired) electrons. The molecule has 0 heterocycles. The van der Waals surface area contributed by atoms with Crippen molar-refractivity contribution >= 4 is 5.57 Å². The van der Waals surface area contributed by atoms with Gasteiger partial charge in [0.25, 0.3) is 0 Å². The minimum absolute atomic E-state index is 0.662. The monoisotopic (exact) mass is 186 g/mol. The number of nitrogens with zero attached hydrogens (tertiary/aromatic N) is 1. The van der Waals surface area contributed by atoms with Crippen molar-refractivity contribution in [1.29, 1.82) is 5.26 Å². The summed E-state index contributed by atoms with van der Waals surface area (Å²) in [5.74, 6) is 0. The SMILES string of the molecule is C/C(=C/CCN)c1cccc(C#N)c1. The van der Waals surface area contributed by atoms with Crippen molar-refractivity contribution in [2.45, 2.75) is 13.3 Å². The van der Waals surface area contributed by atoms with E-state index in [-0.39, 0.29) is 0 Å². The molecule has 1 aromatic carbocycles. The van der Waals surface area contributed by atoms with E-state index < -0.39 is 0 Å². The first kappa shape index (κ1) is 10.5. The summed E-state index contributed by atoms with van der Waals surface area (Å²) in [7, 11) is 0. The van der Waals surface area contributed by atoms with Crippen LogP contribution in [0.15, 0.2) is 30.3 Å². The highest BCUT2D eigenvalue weighted by Gasteiger charge is 1.96. The highest BCUT2D eigenvalue weighted by Crippen LogP contribution is 2.15. The zero-order valence-electron chi connectivity index (χ0n) is 8.33. The summed E-state index contributed by atoms with van der Waals surface area (Å²) in [5, 5.41) is 8.73. The number of allylic oxidation sites excluding steroid dienone is 1. The zero-order valence-corrected chi connectivity index (χ0v) is 8.33. The number of hydrogen-bond donors (Lipinski definition) is 1. The summed E-state index contributed by atoms with van der Waals surface area (Å²) in [6, 6.07) is 9.72. The molecular formula is C12H14N2. The average Bonchev–Trinajstić information content (AvgIpc) is 2.26. The van der Waals surface area contributed by atoms with Gasteiger partial charge in [0, 0.05) is 0 Å². The first-order chi connectivity index (χ1) is 6.77. The van der Waals surface area contributed by atoms with E-state index in [2.05, 4.69) is 12.1 Å². The van der Waals surface area contributed by atoms with Crippen LogP contribution in [0.25, 0.3) is 5.57 Å². The predicted molar refractivity (Wildman–Crippen MR) is 58.5 cm³/mol. The molecule has 0 saturated carbocycles. The molecule has 0 spiro atoms. The average molecular weight is 186 g/mol. The molecule has 0 atom stereocenters. The number of nitriles is 1. The van der Waals surface area contributed by atoms with Crippen LogP contribution >= 0.6 is 0 Å². The second-order valence-electron chi connectivity index (χ2n) is 3.16. The first-order valence-corrected chi connectivity index (χ1v) is 4.65. The molecule has 2 heteroatoms. The Bertz CT molecular complexity index is 372. The van der Waals surface area contributed by atoms with Crippen LogP contribution in [0.4, 0.5) is 0 Å². The van der Waals surface area contributed by atoms with Crippen molar-refractivity contribution in [2.75, 3.05) is 6.54 Å². The van der Waals surface area contributed by atoms with E-state index >= 15 is 0 Å². The van der Waals surface area contributed by atoms with Crippen molar-refractivity contribution in [3.8, 4) is 6.07 Å². The maximum atomic E-state index is 8.73. The molecule has 2 N–H and O–H groups in total. The van der Waals surface area contributed by atoms with Crippen molar-refractivity contribution in [2.24, 2.45) is 5.73 Å². The quantitative estimate of drug-likeness (QED) is 0.787. The van der Waals surface area contributed by atoms with Gasteiger partial charge in [-0.15, -0.1) is 0 Å². The molecule has 0 bridgehead atoms. The largest absolute Gasteiger partial charge is 0.330 e. The summed E-state index contributed by atoms with van der Waals surface area (Å²) < 4.78 is 0. The van der Waals surface area contributed by atoms with Crippen LogP contribution in [0.3, 0.4) is 0 Å². The zero-order chi connectivity index (χ0) is 10.4. The van der Waals surface area contributed by atoms with E-state index in [1.165, 1.54) is 5.57 Å². The van der Waals surface area contributed by atoms with Crippen molar-refractivity contribution in [3.05, 3.63) is 41.5 Å². The highest BCUT2D eigenvalue weighted by molar-refractivity contribution is 5.64. The Morgan fingerprint density at radius 2 is 2.36 bits per heavy atom. The predicted octanol–water partition coefficient (Wildman–Crippen LogP) is 2.31. The molecule has 0 unspecified atom stereocenters. The molecule has 14 heavy (non-hydrogen) atoms. The van der Waals surface area contributed by atoms with E-state index in [1.807, 2.05) is 25.1 Å². The Kier molecular flexibility index (Phi) is 3.90. The van der Waals surface area contributed by atoms with Crippen LogP contribution in [0.2, 0.25) is 0 Å². The van der Waals surface area contributed by atoms with Crippen LogP contribution in [-0.2, 0) is 0 Å². The standard InChI is InChI=1S/C12H14N2/c1-10(4-3-7-13)12-6-2-5-11(8-12)9-14/h2,4-6,8H,3,7,13H2,1H3/b10-4-. The van der Waals surface area contributed by atoms with E-state index in [9.17, 15) is 0 Å². The Morgan fingerprint density at radius 1 is 1.57 bits per heavy atom. The lowest BCUT2D eigenvalue weighted by molar-refractivity contribution is 1.01. The van der Waals surface area contributed by atoms with Gasteiger partial charge in [0.1, 0.15) is 0 Å². The third-order valence-electron chi connectivity index (χ3n) is 2.06. The molecule has 0 amide bonds. The third-order valence-corrected chi connectivity index (χ3v) is 2.06. The van der Waals surface area contributed by atoms with Crippen molar-refractivity contribution in [3.63, 3.8) is 0 Å². The Morgan fingerprint density at radius 3 is 3.00 bits per heavy atom. The lowest BCUT2D eigenvalue weighted by atomic mass is 10.0. The van der Waals surface area contributed by atoms with Crippen LogP contribution in [-0.4, -0.2) is 6.54 Å². The number of nitrogens with two attached hydrogens (primary N) is 1. The molecule has 0 aliphatic carbocycles. The van der Waals surface area contributed by atoms with Gasteiger partial charge < -0.3 is 5.73 Å². The molecule has 0 fully saturated rings.